The Morgan fingerprint density at radius 2 is 2.31 bits per heavy atom. The number of hydrogen-bond donors (Lipinski definition) is 2. The molecule has 0 bridgehead atoms. The Kier molecular flexibility index (Phi) is 2.14. The predicted molar refractivity (Wildman–Crippen MR) is 54.4 cm³/mol. The topological polar surface area (TPSA) is 50.7 Å². The van der Waals surface area contributed by atoms with E-state index in [0.29, 0.717) is 11.3 Å². The highest BCUT2D eigenvalue weighted by Gasteiger charge is 2.29. The third-order valence-electron chi connectivity index (χ3n) is 3.11. The number of hydrogen-bond acceptors (Lipinski definition) is 4. The molecule has 1 saturated heterocycles. The molecule has 0 radical (unpaired) electrons. The van der Waals surface area contributed by atoms with Crippen molar-refractivity contribution < 1.29 is 19.0 Å². The van der Waals surface area contributed by atoms with Crippen molar-refractivity contribution in [1.29, 1.82) is 0 Å². The van der Waals surface area contributed by atoms with Crippen LogP contribution in [0, 0.1) is 5.82 Å². The molecule has 1 atom stereocenters. The van der Waals surface area contributed by atoms with Gasteiger partial charge in [0.05, 0.1) is 0 Å². The van der Waals surface area contributed by atoms with Crippen LogP contribution in [0.5, 0.6) is 17.2 Å². The van der Waals surface area contributed by atoms with E-state index in [2.05, 4.69) is 5.32 Å². The molecule has 4 nitrogen and oxygen atoms in total. The monoisotopic (exact) mass is 225 g/mol. The van der Waals surface area contributed by atoms with Crippen LogP contribution in [-0.2, 0) is 0 Å². The number of phenols is 1. The molecule has 86 valence electrons. The van der Waals surface area contributed by atoms with Gasteiger partial charge in [-0.1, -0.05) is 0 Å². The quantitative estimate of drug-likeness (QED) is 0.757. The lowest BCUT2D eigenvalue weighted by Crippen LogP contribution is -2.08. The lowest BCUT2D eigenvalue weighted by molar-refractivity contribution is 0.170. The summed E-state index contributed by atoms with van der Waals surface area (Å²) >= 11 is 0. The summed E-state index contributed by atoms with van der Waals surface area (Å²) in [6.07, 6.45) is 0.895. The number of fused-ring (bicyclic) bond motifs is 1. The van der Waals surface area contributed by atoms with Gasteiger partial charge in [-0.3, -0.25) is 0 Å². The smallest absolute Gasteiger partial charge is 0.231 e. The number of phenolic OH excluding ortho intramolecular Hbond substituents is 1. The van der Waals surface area contributed by atoms with E-state index in [9.17, 15) is 9.50 Å². The molecule has 0 amide bonds. The first kappa shape index (κ1) is 9.72. The first-order valence-electron chi connectivity index (χ1n) is 5.29. The molecule has 5 heteroatoms. The van der Waals surface area contributed by atoms with Gasteiger partial charge in [0.15, 0.2) is 11.5 Å². The molecule has 16 heavy (non-hydrogen) atoms. The van der Waals surface area contributed by atoms with Crippen LogP contribution < -0.4 is 14.8 Å². The van der Waals surface area contributed by atoms with Gasteiger partial charge in [-0.05, 0) is 19.0 Å². The lowest BCUT2D eigenvalue weighted by Gasteiger charge is -2.12. The summed E-state index contributed by atoms with van der Waals surface area (Å²) in [5.41, 5.74) is 0.603. The first-order chi connectivity index (χ1) is 7.77. The molecule has 2 aliphatic heterocycles. The highest BCUT2D eigenvalue weighted by atomic mass is 19.1. The van der Waals surface area contributed by atoms with Gasteiger partial charge < -0.3 is 19.9 Å². The molecule has 1 aromatic rings. The van der Waals surface area contributed by atoms with Crippen molar-refractivity contribution >= 4 is 0 Å². The molecule has 0 spiro atoms. The Balaban J connectivity index is 2.08. The first-order valence-corrected chi connectivity index (χ1v) is 5.29. The summed E-state index contributed by atoms with van der Waals surface area (Å²) in [7, 11) is 0. The van der Waals surface area contributed by atoms with E-state index in [0.717, 1.165) is 19.5 Å². The van der Waals surface area contributed by atoms with E-state index in [1.54, 1.807) is 6.07 Å². The number of ether oxygens (including phenoxy) is 2. The molecule has 0 aliphatic carbocycles. The van der Waals surface area contributed by atoms with Crippen LogP contribution in [0.3, 0.4) is 0 Å². The summed E-state index contributed by atoms with van der Waals surface area (Å²) in [5, 5.41) is 13.0. The van der Waals surface area contributed by atoms with Gasteiger partial charge in [0.1, 0.15) is 0 Å². The van der Waals surface area contributed by atoms with Crippen molar-refractivity contribution in [1.82, 2.24) is 5.32 Å². The van der Waals surface area contributed by atoms with Crippen LogP contribution in [0.4, 0.5) is 4.39 Å². The molecule has 0 aromatic heterocycles. The molecule has 3 rings (SSSR count). The number of halogens is 1. The van der Waals surface area contributed by atoms with E-state index in [-0.39, 0.29) is 24.2 Å². The zero-order valence-electron chi connectivity index (χ0n) is 8.62. The summed E-state index contributed by atoms with van der Waals surface area (Å²) < 4.78 is 23.8. The average Bonchev–Trinajstić information content (AvgIpc) is 2.92. The molecular weight excluding hydrogens is 213 g/mol. The highest BCUT2D eigenvalue weighted by molar-refractivity contribution is 5.54. The highest BCUT2D eigenvalue weighted by Crippen LogP contribution is 2.44. The van der Waals surface area contributed by atoms with E-state index in [1.165, 1.54) is 0 Å². The summed E-state index contributed by atoms with van der Waals surface area (Å²) in [6, 6.07) is 1.68. The van der Waals surface area contributed by atoms with Crippen LogP contribution in [0.1, 0.15) is 17.9 Å². The maximum absolute atomic E-state index is 13.7. The molecule has 2 N–H and O–H groups in total. The fourth-order valence-electron chi connectivity index (χ4n) is 2.24. The van der Waals surface area contributed by atoms with Gasteiger partial charge in [0.2, 0.25) is 18.4 Å². The number of nitrogens with one attached hydrogen (secondary N) is 1. The minimum absolute atomic E-state index is 0.0120. The van der Waals surface area contributed by atoms with Crippen LogP contribution >= 0.6 is 0 Å². The van der Waals surface area contributed by atoms with Crippen LogP contribution in [0.15, 0.2) is 6.07 Å². The summed E-state index contributed by atoms with van der Waals surface area (Å²) in [5.74, 6) is -0.469. The van der Waals surface area contributed by atoms with Gasteiger partial charge in [-0.15, -0.1) is 0 Å². The minimum atomic E-state index is -0.711. The Morgan fingerprint density at radius 1 is 1.44 bits per heavy atom. The van der Waals surface area contributed by atoms with Crippen molar-refractivity contribution in [2.24, 2.45) is 0 Å². The molecule has 1 aromatic carbocycles. The molecule has 0 saturated carbocycles. The van der Waals surface area contributed by atoms with Gasteiger partial charge in [-0.25, -0.2) is 0 Å². The predicted octanol–water partition coefficient (Wildman–Crippen LogP) is 1.34. The molecule has 2 aliphatic rings. The largest absolute Gasteiger partial charge is 0.505 e. The van der Waals surface area contributed by atoms with E-state index in [4.69, 9.17) is 9.47 Å². The standard InChI is InChI=1S/C11H12FNO3/c12-9-10(14)7(6-1-2-13-4-6)3-8-11(9)16-5-15-8/h3,6,13-14H,1-2,4-5H2. The number of rotatable bonds is 1. The molecular formula is C11H12FNO3. The Hall–Kier alpha value is -1.49. The Labute approximate surface area is 92.0 Å². The fourth-order valence-corrected chi connectivity index (χ4v) is 2.24. The van der Waals surface area contributed by atoms with Crippen molar-refractivity contribution in [3.05, 3.63) is 17.4 Å². The van der Waals surface area contributed by atoms with E-state index < -0.39 is 5.82 Å². The second-order valence-electron chi connectivity index (χ2n) is 4.05. The van der Waals surface area contributed by atoms with Gasteiger partial charge in [-0.2, -0.15) is 4.39 Å². The number of benzene rings is 1. The second kappa shape index (κ2) is 3.52. The van der Waals surface area contributed by atoms with Gasteiger partial charge in [0, 0.05) is 18.0 Å². The lowest BCUT2D eigenvalue weighted by atomic mass is 9.96. The maximum Gasteiger partial charge on any atom is 0.231 e. The van der Waals surface area contributed by atoms with Gasteiger partial charge in [0.25, 0.3) is 0 Å². The second-order valence-corrected chi connectivity index (χ2v) is 4.05. The number of aromatic hydroxyl groups is 1. The Bertz CT molecular complexity index is 430. The third kappa shape index (κ3) is 1.31. The minimum Gasteiger partial charge on any atom is -0.505 e. The van der Waals surface area contributed by atoms with Crippen LogP contribution in [0.2, 0.25) is 0 Å². The fraction of sp³-hybridized carbons (Fsp3) is 0.455. The van der Waals surface area contributed by atoms with Crippen molar-refractivity contribution in [2.45, 2.75) is 12.3 Å². The van der Waals surface area contributed by atoms with Crippen LogP contribution in [-0.4, -0.2) is 25.0 Å². The average molecular weight is 225 g/mol. The van der Waals surface area contributed by atoms with Crippen molar-refractivity contribution in [3.8, 4) is 17.2 Å². The summed E-state index contributed by atoms with van der Waals surface area (Å²) in [6.45, 7) is 1.66. The maximum atomic E-state index is 13.7. The van der Waals surface area contributed by atoms with Crippen molar-refractivity contribution in [2.75, 3.05) is 19.9 Å². The Morgan fingerprint density at radius 3 is 3.06 bits per heavy atom. The molecule has 1 unspecified atom stereocenters. The zero-order chi connectivity index (χ0) is 11.1. The van der Waals surface area contributed by atoms with Crippen LogP contribution in [0.25, 0.3) is 0 Å². The SMILES string of the molecule is Oc1c(C2CCNC2)cc2c(c1F)OCO2. The zero-order valence-corrected chi connectivity index (χ0v) is 8.62. The van der Waals surface area contributed by atoms with E-state index in [1.807, 2.05) is 0 Å². The van der Waals surface area contributed by atoms with Gasteiger partial charge >= 0.3 is 0 Å². The molecule has 2 heterocycles. The normalized spacial score (nSPS) is 22.7. The van der Waals surface area contributed by atoms with E-state index >= 15 is 0 Å². The molecule has 1 fully saturated rings. The summed E-state index contributed by atoms with van der Waals surface area (Å²) in [4.78, 5) is 0. The third-order valence-corrected chi connectivity index (χ3v) is 3.11. The van der Waals surface area contributed by atoms with Crippen molar-refractivity contribution in [3.63, 3.8) is 0 Å².